The SMILES string of the molecule is Cc1ccc(-c2cc(C(=O)N/N=C/c3cnn(C)c3C)c3ccccc3n2)c(C)c1. The molecule has 0 fully saturated rings. The first-order valence-corrected chi connectivity index (χ1v) is 9.73. The van der Waals surface area contributed by atoms with Crippen LogP contribution >= 0.6 is 0 Å². The molecule has 0 spiro atoms. The van der Waals surface area contributed by atoms with Gasteiger partial charge in [-0.2, -0.15) is 10.2 Å². The summed E-state index contributed by atoms with van der Waals surface area (Å²) in [6, 6.07) is 15.7. The Bertz CT molecular complexity index is 1290. The summed E-state index contributed by atoms with van der Waals surface area (Å²) < 4.78 is 1.76. The lowest BCUT2D eigenvalue weighted by molar-refractivity contribution is 0.0956. The van der Waals surface area contributed by atoms with Crippen LogP contribution in [0.4, 0.5) is 0 Å². The number of hydrogen-bond acceptors (Lipinski definition) is 4. The molecule has 0 unspecified atom stereocenters. The van der Waals surface area contributed by atoms with Gasteiger partial charge >= 0.3 is 0 Å². The number of benzene rings is 2. The summed E-state index contributed by atoms with van der Waals surface area (Å²) in [4.78, 5) is 17.8. The maximum atomic E-state index is 13.0. The average molecular weight is 397 g/mol. The molecule has 30 heavy (non-hydrogen) atoms. The van der Waals surface area contributed by atoms with Crippen molar-refractivity contribution in [2.45, 2.75) is 20.8 Å². The highest BCUT2D eigenvalue weighted by atomic mass is 16.2. The number of carbonyl (C=O) groups is 1. The molecule has 2 aromatic heterocycles. The van der Waals surface area contributed by atoms with E-state index in [0.717, 1.165) is 39.0 Å². The van der Waals surface area contributed by atoms with Crippen molar-refractivity contribution in [2.75, 3.05) is 0 Å². The van der Waals surface area contributed by atoms with Crippen molar-refractivity contribution in [2.24, 2.45) is 12.1 Å². The van der Waals surface area contributed by atoms with E-state index in [-0.39, 0.29) is 5.91 Å². The smallest absolute Gasteiger partial charge is 0.272 e. The number of aryl methyl sites for hydroxylation is 3. The topological polar surface area (TPSA) is 72.2 Å². The molecule has 0 saturated carbocycles. The minimum absolute atomic E-state index is 0.280. The van der Waals surface area contributed by atoms with Crippen molar-refractivity contribution in [3.05, 3.63) is 82.7 Å². The summed E-state index contributed by atoms with van der Waals surface area (Å²) in [7, 11) is 1.86. The molecule has 4 aromatic rings. The van der Waals surface area contributed by atoms with Gasteiger partial charge in [0, 0.05) is 29.3 Å². The number of pyridine rings is 1. The van der Waals surface area contributed by atoms with Gasteiger partial charge in [-0.15, -0.1) is 0 Å². The molecule has 0 aliphatic heterocycles. The van der Waals surface area contributed by atoms with Crippen molar-refractivity contribution >= 4 is 23.0 Å². The first kappa shape index (κ1) is 19.5. The van der Waals surface area contributed by atoms with Crippen molar-refractivity contribution in [1.82, 2.24) is 20.2 Å². The molecule has 0 aliphatic rings. The van der Waals surface area contributed by atoms with E-state index in [1.807, 2.05) is 50.4 Å². The number of hydrazone groups is 1. The number of rotatable bonds is 4. The number of aromatic nitrogens is 3. The molecule has 0 bridgehead atoms. The summed E-state index contributed by atoms with van der Waals surface area (Å²) in [6.07, 6.45) is 3.32. The molecular weight excluding hydrogens is 374 g/mol. The van der Waals surface area contributed by atoms with Crippen molar-refractivity contribution < 1.29 is 4.79 Å². The quantitative estimate of drug-likeness (QED) is 0.412. The van der Waals surface area contributed by atoms with Gasteiger partial charge in [0.1, 0.15) is 0 Å². The summed E-state index contributed by atoms with van der Waals surface area (Å²) in [6.45, 7) is 6.06. The Hall–Kier alpha value is -3.80. The fourth-order valence-electron chi connectivity index (χ4n) is 3.47. The lowest BCUT2D eigenvalue weighted by atomic mass is 9.99. The molecule has 0 saturated heterocycles. The monoisotopic (exact) mass is 397 g/mol. The molecule has 0 atom stereocenters. The summed E-state index contributed by atoms with van der Waals surface area (Å²) in [5, 5.41) is 9.10. The molecular formula is C24H23N5O. The maximum absolute atomic E-state index is 13.0. The van der Waals surface area contributed by atoms with Gasteiger partial charge in [0.05, 0.1) is 29.2 Å². The molecule has 6 heteroatoms. The third kappa shape index (κ3) is 3.72. The molecule has 2 aromatic carbocycles. The molecule has 4 rings (SSSR count). The lowest BCUT2D eigenvalue weighted by Gasteiger charge is -2.11. The Morgan fingerprint density at radius 1 is 1.10 bits per heavy atom. The van der Waals surface area contributed by atoms with Gasteiger partial charge < -0.3 is 0 Å². The number of nitrogens with zero attached hydrogens (tertiary/aromatic N) is 4. The minimum Gasteiger partial charge on any atom is -0.272 e. The van der Waals surface area contributed by atoms with E-state index in [2.05, 4.69) is 41.6 Å². The Labute approximate surface area is 175 Å². The van der Waals surface area contributed by atoms with Gasteiger partial charge in [-0.25, -0.2) is 10.4 Å². The van der Waals surface area contributed by atoms with Gasteiger partial charge in [-0.05, 0) is 38.5 Å². The van der Waals surface area contributed by atoms with Crippen LogP contribution in [0.2, 0.25) is 0 Å². The van der Waals surface area contributed by atoms with Crippen LogP contribution in [0.5, 0.6) is 0 Å². The predicted octanol–water partition coefficient (Wildman–Crippen LogP) is 4.32. The van der Waals surface area contributed by atoms with E-state index in [0.29, 0.717) is 5.56 Å². The van der Waals surface area contributed by atoms with Gasteiger partial charge in [-0.3, -0.25) is 9.48 Å². The molecule has 2 heterocycles. The highest BCUT2D eigenvalue weighted by Gasteiger charge is 2.14. The second kappa shape index (κ2) is 7.91. The van der Waals surface area contributed by atoms with E-state index >= 15 is 0 Å². The molecule has 0 aliphatic carbocycles. The third-order valence-electron chi connectivity index (χ3n) is 5.26. The van der Waals surface area contributed by atoms with E-state index in [4.69, 9.17) is 4.98 Å². The summed E-state index contributed by atoms with van der Waals surface area (Å²) in [5.74, 6) is -0.280. The van der Waals surface area contributed by atoms with E-state index < -0.39 is 0 Å². The second-order valence-corrected chi connectivity index (χ2v) is 7.40. The van der Waals surface area contributed by atoms with E-state index in [1.165, 1.54) is 5.56 Å². The number of carbonyl (C=O) groups excluding carboxylic acids is 1. The van der Waals surface area contributed by atoms with Gasteiger partial charge in [0.2, 0.25) is 0 Å². The van der Waals surface area contributed by atoms with Crippen LogP contribution in [-0.2, 0) is 7.05 Å². The zero-order valence-corrected chi connectivity index (χ0v) is 17.5. The number of nitrogens with one attached hydrogen (secondary N) is 1. The first-order valence-electron chi connectivity index (χ1n) is 9.73. The molecule has 6 nitrogen and oxygen atoms in total. The summed E-state index contributed by atoms with van der Waals surface area (Å²) in [5.41, 5.74) is 9.86. The van der Waals surface area contributed by atoms with Crippen LogP contribution in [0.1, 0.15) is 32.7 Å². The lowest BCUT2D eigenvalue weighted by Crippen LogP contribution is -2.18. The Kier molecular flexibility index (Phi) is 5.14. The van der Waals surface area contributed by atoms with Crippen molar-refractivity contribution in [3.63, 3.8) is 0 Å². The maximum Gasteiger partial charge on any atom is 0.272 e. The Morgan fingerprint density at radius 3 is 2.63 bits per heavy atom. The number of amides is 1. The highest BCUT2D eigenvalue weighted by molar-refractivity contribution is 6.07. The Balaban J connectivity index is 1.72. The zero-order valence-electron chi connectivity index (χ0n) is 17.5. The van der Waals surface area contributed by atoms with Crippen molar-refractivity contribution in [1.29, 1.82) is 0 Å². The van der Waals surface area contributed by atoms with E-state index in [1.54, 1.807) is 17.1 Å². The molecule has 1 amide bonds. The fraction of sp³-hybridized carbons (Fsp3) is 0.167. The standard InChI is InChI=1S/C24H23N5O/c1-15-9-10-19(16(2)11-15)23-12-21(20-7-5-6-8-22(20)27-23)24(30)28-25-13-18-14-26-29(4)17(18)3/h5-14H,1-4H3,(H,28,30)/b25-13+. The van der Waals surface area contributed by atoms with Gasteiger partial charge in [0.15, 0.2) is 0 Å². The predicted molar refractivity (Wildman–Crippen MR) is 120 cm³/mol. The number of para-hydroxylation sites is 1. The van der Waals surface area contributed by atoms with Crippen LogP contribution in [0.15, 0.2) is 59.8 Å². The van der Waals surface area contributed by atoms with Crippen LogP contribution in [0.3, 0.4) is 0 Å². The Morgan fingerprint density at radius 2 is 1.90 bits per heavy atom. The fourth-order valence-corrected chi connectivity index (χ4v) is 3.47. The molecule has 0 radical (unpaired) electrons. The van der Waals surface area contributed by atoms with Gasteiger partial charge in [0.25, 0.3) is 5.91 Å². The second-order valence-electron chi connectivity index (χ2n) is 7.40. The molecule has 150 valence electrons. The van der Waals surface area contributed by atoms with E-state index in [9.17, 15) is 4.79 Å². The van der Waals surface area contributed by atoms with Crippen molar-refractivity contribution in [3.8, 4) is 11.3 Å². The largest absolute Gasteiger partial charge is 0.272 e. The molecule has 1 N–H and O–H groups in total. The third-order valence-corrected chi connectivity index (χ3v) is 5.26. The first-order chi connectivity index (χ1) is 14.4. The van der Waals surface area contributed by atoms with Crippen LogP contribution in [-0.4, -0.2) is 26.9 Å². The van der Waals surface area contributed by atoms with Crippen LogP contribution in [0.25, 0.3) is 22.2 Å². The van der Waals surface area contributed by atoms with Crippen LogP contribution < -0.4 is 5.43 Å². The summed E-state index contributed by atoms with van der Waals surface area (Å²) >= 11 is 0. The normalized spacial score (nSPS) is 11.3. The minimum atomic E-state index is -0.280. The van der Waals surface area contributed by atoms with Gasteiger partial charge in [-0.1, -0.05) is 42.0 Å². The van der Waals surface area contributed by atoms with Crippen LogP contribution in [0, 0.1) is 20.8 Å². The number of fused-ring (bicyclic) bond motifs is 1. The number of hydrogen-bond donors (Lipinski definition) is 1. The highest BCUT2D eigenvalue weighted by Crippen LogP contribution is 2.27. The zero-order chi connectivity index (χ0) is 21.3. The average Bonchev–Trinajstić information content (AvgIpc) is 3.05.